The van der Waals surface area contributed by atoms with E-state index in [1.807, 2.05) is 26.0 Å². The standard InChI is InChI=1S/C17H31N3O/c1-14(2)21-16-9-6-8-15(12-16)17(13-18)20(5)11-7-10-19(3)4/h6,8-9,12,14,17H,7,10-11,13,18H2,1-5H3. The maximum Gasteiger partial charge on any atom is 0.120 e. The summed E-state index contributed by atoms with van der Waals surface area (Å²) in [4.78, 5) is 4.54. The summed E-state index contributed by atoms with van der Waals surface area (Å²) in [6.45, 7) is 6.83. The van der Waals surface area contributed by atoms with Gasteiger partial charge >= 0.3 is 0 Å². The molecule has 0 aliphatic carbocycles. The van der Waals surface area contributed by atoms with E-state index in [4.69, 9.17) is 10.5 Å². The van der Waals surface area contributed by atoms with Crippen LogP contribution in [0, 0.1) is 0 Å². The molecule has 0 saturated heterocycles. The lowest BCUT2D eigenvalue weighted by Crippen LogP contribution is -2.32. The van der Waals surface area contributed by atoms with Gasteiger partial charge in [0.1, 0.15) is 5.75 Å². The minimum absolute atomic E-state index is 0.189. The van der Waals surface area contributed by atoms with Crippen LogP contribution in [0.5, 0.6) is 5.75 Å². The summed E-state index contributed by atoms with van der Waals surface area (Å²) in [7, 11) is 6.35. The predicted molar refractivity (Wildman–Crippen MR) is 89.8 cm³/mol. The normalized spacial score (nSPS) is 13.2. The molecule has 21 heavy (non-hydrogen) atoms. The Bertz CT molecular complexity index is 407. The summed E-state index contributed by atoms with van der Waals surface area (Å²) in [5.74, 6) is 0.919. The molecule has 2 N–H and O–H groups in total. The van der Waals surface area contributed by atoms with Crippen LogP contribution in [0.3, 0.4) is 0 Å². The van der Waals surface area contributed by atoms with Gasteiger partial charge in [0.25, 0.3) is 0 Å². The van der Waals surface area contributed by atoms with E-state index in [2.05, 4.69) is 43.1 Å². The van der Waals surface area contributed by atoms with Gasteiger partial charge in [-0.1, -0.05) is 12.1 Å². The summed E-state index contributed by atoms with van der Waals surface area (Å²) < 4.78 is 5.78. The summed E-state index contributed by atoms with van der Waals surface area (Å²) in [5.41, 5.74) is 7.22. The Labute approximate surface area is 129 Å². The summed E-state index contributed by atoms with van der Waals surface area (Å²) in [6, 6.07) is 8.53. The summed E-state index contributed by atoms with van der Waals surface area (Å²) >= 11 is 0. The van der Waals surface area contributed by atoms with E-state index in [0.717, 1.165) is 25.3 Å². The quantitative estimate of drug-likeness (QED) is 0.759. The van der Waals surface area contributed by atoms with Crippen molar-refractivity contribution in [2.24, 2.45) is 5.73 Å². The van der Waals surface area contributed by atoms with E-state index in [-0.39, 0.29) is 12.1 Å². The molecular formula is C17H31N3O. The third kappa shape index (κ3) is 6.46. The van der Waals surface area contributed by atoms with Crippen molar-refractivity contribution in [3.63, 3.8) is 0 Å². The van der Waals surface area contributed by atoms with Gasteiger partial charge in [0.15, 0.2) is 0 Å². The van der Waals surface area contributed by atoms with Crippen LogP contribution in [0.1, 0.15) is 31.9 Å². The highest BCUT2D eigenvalue weighted by Gasteiger charge is 2.16. The molecular weight excluding hydrogens is 262 g/mol. The van der Waals surface area contributed by atoms with Crippen LogP contribution in [0.2, 0.25) is 0 Å². The molecule has 1 unspecified atom stereocenters. The topological polar surface area (TPSA) is 41.7 Å². The minimum Gasteiger partial charge on any atom is -0.491 e. The van der Waals surface area contributed by atoms with Crippen molar-refractivity contribution < 1.29 is 4.74 Å². The van der Waals surface area contributed by atoms with Gasteiger partial charge in [0.2, 0.25) is 0 Å². The molecule has 0 fully saturated rings. The molecule has 0 aliphatic rings. The van der Waals surface area contributed by atoms with Crippen LogP contribution in [0.15, 0.2) is 24.3 Å². The number of likely N-dealkylation sites (N-methyl/N-ethyl adjacent to an activating group) is 1. The molecule has 0 bridgehead atoms. The zero-order valence-electron chi connectivity index (χ0n) is 14.2. The third-order valence-electron chi connectivity index (χ3n) is 3.49. The Morgan fingerprint density at radius 1 is 1.14 bits per heavy atom. The first-order chi connectivity index (χ1) is 9.93. The Balaban J connectivity index is 2.69. The lowest BCUT2D eigenvalue weighted by molar-refractivity contribution is 0.229. The fourth-order valence-corrected chi connectivity index (χ4v) is 2.43. The van der Waals surface area contributed by atoms with Crippen molar-refractivity contribution in [2.75, 3.05) is 40.8 Å². The van der Waals surface area contributed by atoms with E-state index in [1.54, 1.807) is 0 Å². The monoisotopic (exact) mass is 293 g/mol. The highest BCUT2D eigenvalue weighted by Crippen LogP contribution is 2.23. The maximum atomic E-state index is 6.00. The molecule has 0 aromatic heterocycles. The molecule has 1 aromatic rings. The number of nitrogens with two attached hydrogens (primary N) is 1. The highest BCUT2D eigenvalue weighted by molar-refractivity contribution is 5.31. The van der Waals surface area contributed by atoms with Gasteiger partial charge in [-0.05, 0) is 72.2 Å². The van der Waals surface area contributed by atoms with Crippen molar-refractivity contribution in [3.8, 4) is 5.75 Å². The number of rotatable bonds is 9. The van der Waals surface area contributed by atoms with Gasteiger partial charge in [-0.2, -0.15) is 0 Å². The second-order valence-electron chi connectivity index (χ2n) is 6.13. The van der Waals surface area contributed by atoms with Gasteiger partial charge in [-0.15, -0.1) is 0 Å². The average Bonchev–Trinajstić information content (AvgIpc) is 2.38. The minimum atomic E-state index is 0.189. The largest absolute Gasteiger partial charge is 0.491 e. The zero-order valence-corrected chi connectivity index (χ0v) is 14.2. The molecule has 4 nitrogen and oxygen atoms in total. The second kappa shape index (κ2) is 9.03. The van der Waals surface area contributed by atoms with E-state index < -0.39 is 0 Å². The Hall–Kier alpha value is -1.10. The Kier molecular flexibility index (Phi) is 7.72. The molecule has 0 aliphatic heterocycles. The molecule has 120 valence electrons. The van der Waals surface area contributed by atoms with E-state index in [0.29, 0.717) is 6.54 Å². The number of ether oxygens (including phenoxy) is 1. The van der Waals surface area contributed by atoms with Gasteiger partial charge in [-0.3, -0.25) is 4.90 Å². The second-order valence-corrected chi connectivity index (χ2v) is 6.13. The molecule has 0 saturated carbocycles. The SMILES string of the molecule is CC(C)Oc1cccc(C(CN)N(C)CCCN(C)C)c1. The van der Waals surface area contributed by atoms with Gasteiger partial charge in [0.05, 0.1) is 6.10 Å². The first-order valence-electron chi connectivity index (χ1n) is 7.75. The van der Waals surface area contributed by atoms with Crippen LogP contribution in [-0.4, -0.2) is 56.7 Å². The Morgan fingerprint density at radius 3 is 2.43 bits per heavy atom. The molecule has 1 aromatic carbocycles. The van der Waals surface area contributed by atoms with Crippen molar-refractivity contribution in [1.29, 1.82) is 0 Å². The molecule has 1 rings (SSSR count). The first kappa shape index (κ1) is 18.0. The Morgan fingerprint density at radius 2 is 1.86 bits per heavy atom. The fourth-order valence-electron chi connectivity index (χ4n) is 2.43. The molecule has 0 spiro atoms. The maximum absolute atomic E-state index is 6.00. The lowest BCUT2D eigenvalue weighted by atomic mass is 10.1. The predicted octanol–water partition coefficient (Wildman–Crippen LogP) is 2.36. The van der Waals surface area contributed by atoms with Crippen LogP contribution in [0.25, 0.3) is 0 Å². The van der Waals surface area contributed by atoms with E-state index in [1.165, 1.54) is 5.56 Å². The first-order valence-corrected chi connectivity index (χ1v) is 7.75. The van der Waals surface area contributed by atoms with Crippen LogP contribution < -0.4 is 10.5 Å². The van der Waals surface area contributed by atoms with E-state index in [9.17, 15) is 0 Å². The number of benzene rings is 1. The molecule has 1 atom stereocenters. The molecule has 4 heteroatoms. The molecule has 0 radical (unpaired) electrons. The van der Waals surface area contributed by atoms with Crippen LogP contribution in [0.4, 0.5) is 0 Å². The van der Waals surface area contributed by atoms with Crippen molar-refractivity contribution in [3.05, 3.63) is 29.8 Å². The smallest absolute Gasteiger partial charge is 0.120 e. The third-order valence-corrected chi connectivity index (χ3v) is 3.49. The number of nitrogens with zero attached hydrogens (tertiary/aromatic N) is 2. The highest BCUT2D eigenvalue weighted by atomic mass is 16.5. The number of hydrogen-bond acceptors (Lipinski definition) is 4. The van der Waals surface area contributed by atoms with Crippen molar-refractivity contribution in [1.82, 2.24) is 9.80 Å². The van der Waals surface area contributed by atoms with Gasteiger partial charge in [-0.25, -0.2) is 0 Å². The van der Waals surface area contributed by atoms with Crippen molar-refractivity contribution >= 4 is 0 Å². The fraction of sp³-hybridized carbons (Fsp3) is 0.647. The number of hydrogen-bond donors (Lipinski definition) is 1. The van der Waals surface area contributed by atoms with Crippen molar-refractivity contribution in [2.45, 2.75) is 32.4 Å². The van der Waals surface area contributed by atoms with Gasteiger partial charge < -0.3 is 15.4 Å². The summed E-state index contributed by atoms with van der Waals surface area (Å²) in [5, 5.41) is 0. The van der Waals surface area contributed by atoms with Gasteiger partial charge in [0, 0.05) is 12.6 Å². The van der Waals surface area contributed by atoms with Crippen LogP contribution in [-0.2, 0) is 0 Å². The lowest BCUT2D eigenvalue weighted by Gasteiger charge is -2.28. The zero-order chi connectivity index (χ0) is 15.8. The molecule has 0 amide bonds. The van der Waals surface area contributed by atoms with Crippen LogP contribution >= 0.6 is 0 Å². The summed E-state index contributed by atoms with van der Waals surface area (Å²) in [6.07, 6.45) is 1.33. The average molecular weight is 293 g/mol. The van der Waals surface area contributed by atoms with E-state index >= 15 is 0 Å². The molecule has 0 heterocycles.